The predicted molar refractivity (Wildman–Crippen MR) is 71.3 cm³/mol. The van der Waals surface area contributed by atoms with Crippen molar-refractivity contribution >= 4 is 11.3 Å². The van der Waals surface area contributed by atoms with E-state index in [0.29, 0.717) is 17.8 Å². The minimum absolute atomic E-state index is 0.599. The standard InChI is InChI=1S/C13H17N3OS/c1-9(10-5-6-10)16(2)8-12-14-13(15-17-12)11-4-3-7-18-11/h3-4,7,9-10H,5-6,8H2,1-2H3/t9-/m0/s1. The molecule has 0 aliphatic heterocycles. The van der Waals surface area contributed by atoms with Crippen LogP contribution >= 0.6 is 11.3 Å². The summed E-state index contributed by atoms with van der Waals surface area (Å²) in [6.45, 7) is 3.00. The van der Waals surface area contributed by atoms with Crippen molar-refractivity contribution in [2.24, 2.45) is 5.92 Å². The summed E-state index contributed by atoms with van der Waals surface area (Å²) in [6.07, 6.45) is 2.71. The van der Waals surface area contributed by atoms with Crippen molar-refractivity contribution in [3.05, 3.63) is 23.4 Å². The molecule has 1 atom stereocenters. The Morgan fingerprint density at radius 3 is 3.06 bits per heavy atom. The molecule has 1 aliphatic rings. The van der Waals surface area contributed by atoms with Crippen molar-refractivity contribution < 1.29 is 4.52 Å². The fraction of sp³-hybridized carbons (Fsp3) is 0.538. The van der Waals surface area contributed by atoms with Crippen molar-refractivity contribution in [1.82, 2.24) is 15.0 Å². The molecule has 0 aromatic carbocycles. The second-order valence-electron chi connectivity index (χ2n) is 4.98. The lowest BCUT2D eigenvalue weighted by molar-refractivity contribution is 0.197. The highest BCUT2D eigenvalue weighted by atomic mass is 32.1. The summed E-state index contributed by atoms with van der Waals surface area (Å²) < 4.78 is 5.31. The molecule has 0 spiro atoms. The SMILES string of the molecule is C[C@@H](C1CC1)N(C)Cc1nc(-c2cccs2)no1. The van der Waals surface area contributed by atoms with E-state index in [1.165, 1.54) is 12.8 Å². The van der Waals surface area contributed by atoms with Crippen LogP contribution in [0.2, 0.25) is 0 Å². The molecule has 1 aliphatic carbocycles. The highest BCUT2D eigenvalue weighted by molar-refractivity contribution is 7.13. The molecular formula is C13H17N3OS. The van der Waals surface area contributed by atoms with Gasteiger partial charge in [-0.05, 0) is 44.2 Å². The second-order valence-corrected chi connectivity index (χ2v) is 5.93. The Morgan fingerprint density at radius 1 is 1.56 bits per heavy atom. The van der Waals surface area contributed by atoms with Crippen molar-refractivity contribution in [3.63, 3.8) is 0 Å². The fourth-order valence-corrected chi connectivity index (χ4v) is 2.77. The van der Waals surface area contributed by atoms with E-state index < -0.39 is 0 Å². The number of thiophene rings is 1. The summed E-state index contributed by atoms with van der Waals surface area (Å²) >= 11 is 1.63. The average molecular weight is 263 g/mol. The van der Waals surface area contributed by atoms with Gasteiger partial charge in [0.05, 0.1) is 11.4 Å². The van der Waals surface area contributed by atoms with Gasteiger partial charge in [0.2, 0.25) is 11.7 Å². The van der Waals surface area contributed by atoms with Crippen molar-refractivity contribution in [2.75, 3.05) is 7.05 Å². The first-order valence-electron chi connectivity index (χ1n) is 6.31. The highest BCUT2D eigenvalue weighted by Gasteiger charge is 2.31. The molecule has 0 amide bonds. The molecule has 2 aromatic rings. The topological polar surface area (TPSA) is 42.2 Å². The third-order valence-electron chi connectivity index (χ3n) is 3.59. The van der Waals surface area contributed by atoms with Gasteiger partial charge in [0.1, 0.15) is 0 Å². The van der Waals surface area contributed by atoms with Gasteiger partial charge in [-0.1, -0.05) is 11.2 Å². The van der Waals surface area contributed by atoms with Crippen LogP contribution in [-0.4, -0.2) is 28.1 Å². The van der Waals surface area contributed by atoms with Gasteiger partial charge in [-0.2, -0.15) is 4.98 Å². The summed E-state index contributed by atoms with van der Waals surface area (Å²) in [5.41, 5.74) is 0. The molecule has 5 heteroatoms. The Balaban J connectivity index is 1.66. The summed E-state index contributed by atoms with van der Waals surface area (Å²) in [6, 6.07) is 4.61. The molecule has 0 radical (unpaired) electrons. The summed E-state index contributed by atoms with van der Waals surface area (Å²) in [5.74, 6) is 2.26. The molecule has 0 N–H and O–H groups in total. The maximum Gasteiger partial charge on any atom is 0.241 e. The molecule has 2 heterocycles. The van der Waals surface area contributed by atoms with Gasteiger partial charge in [-0.25, -0.2) is 0 Å². The van der Waals surface area contributed by atoms with Crippen LogP contribution in [0.4, 0.5) is 0 Å². The zero-order chi connectivity index (χ0) is 12.5. The minimum atomic E-state index is 0.599. The molecule has 1 fully saturated rings. The quantitative estimate of drug-likeness (QED) is 0.831. The van der Waals surface area contributed by atoms with E-state index in [1.54, 1.807) is 11.3 Å². The lowest BCUT2D eigenvalue weighted by atomic mass is 10.2. The van der Waals surface area contributed by atoms with Crippen LogP contribution in [-0.2, 0) is 6.54 Å². The van der Waals surface area contributed by atoms with E-state index in [-0.39, 0.29) is 0 Å². The van der Waals surface area contributed by atoms with E-state index in [2.05, 4.69) is 29.0 Å². The molecule has 96 valence electrons. The van der Waals surface area contributed by atoms with Gasteiger partial charge in [0.25, 0.3) is 0 Å². The smallest absolute Gasteiger partial charge is 0.241 e. The Bertz CT molecular complexity index is 504. The number of nitrogens with zero attached hydrogens (tertiary/aromatic N) is 3. The molecule has 0 bridgehead atoms. The van der Waals surface area contributed by atoms with E-state index >= 15 is 0 Å². The van der Waals surface area contributed by atoms with Crippen LogP contribution in [0.15, 0.2) is 22.0 Å². The largest absolute Gasteiger partial charge is 0.338 e. The molecule has 0 unspecified atom stereocenters. The third kappa shape index (κ3) is 2.47. The van der Waals surface area contributed by atoms with Crippen LogP contribution in [0, 0.1) is 5.92 Å². The van der Waals surface area contributed by atoms with E-state index in [1.807, 2.05) is 17.5 Å². The monoisotopic (exact) mass is 263 g/mol. The predicted octanol–water partition coefficient (Wildman–Crippen LogP) is 3.03. The van der Waals surface area contributed by atoms with Crippen molar-refractivity contribution in [1.29, 1.82) is 0 Å². The van der Waals surface area contributed by atoms with Crippen LogP contribution < -0.4 is 0 Å². The minimum Gasteiger partial charge on any atom is -0.338 e. The van der Waals surface area contributed by atoms with E-state index in [9.17, 15) is 0 Å². The highest BCUT2D eigenvalue weighted by Crippen LogP contribution is 2.35. The summed E-state index contributed by atoms with van der Waals surface area (Å²) in [5, 5.41) is 6.05. The molecule has 2 aromatic heterocycles. The lowest BCUT2D eigenvalue weighted by Crippen LogP contribution is -2.30. The van der Waals surface area contributed by atoms with Crippen LogP contribution in [0.5, 0.6) is 0 Å². The number of hydrogen-bond donors (Lipinski definition) is 0. The van der Waals surface area contributed by atoms with Gasteiger partial charge < -0.3 is 4.52 Å². The van der Waals surface area contributed by atoms with Crippen LogP contribution in [0.3, 0.4) is 0 Å². The van der Waals surface area contributed by atoms with Crippen LogP contribution in [0.1, 0.15) is 25.7 Å². The van der Waals surface area contributed by atoms with E-state index in [0.717, 1.165) is 17.3 Å². The van der Waals surface area contributed by atoms with Gasteiger partial charge in [-0.15, -0.1) is 11.3 Å². The first kappa shape index (κ1) is 11.9. The molecule has 3 rings (SSSR count). The second kappa shape index (κ2) is 4.82. The molecule has 18 heavy (non-hydrogen) atoms. The Labute approximate surface area is 111 Å². The molecular weight excluding hydrogens is 246 g/mol. The molecule has 4 nitrogen and oxygen atoms in total. The Hall–Kier alpha value is -1.20. The fourth-order valence-electron chi connectivity index (χ4n) is 2.12. The third-order valence-corrected chi connectivity index (χ3v) is 4.46. The first-order valence-corrected chi connectivity index (χ1v) is 7.18. The van der Waals surface area contributed by atoms with Gasteiger partial charge >= 0.3 is 0 Å². The zero-order valence-corrected chi connectivity index (χ0v) is 11.5. The maximum absolute atomic E-state index is 5.31. The summed E-state index contributed by atoms with van der Waals surface area (Å²) in [7, 11) is 2.12. The van der Waals surface area contributed by atoms with Gasteiger partial charge in [-0.3, -0.25) is 4.90 Å². The van der Waals surface area contributed by atoms with E-state index in [4.69, 9.17) is 4.52 Å². The maximum atomic E-state index is 5.31. The van der Waals surface area contributed by atoms with Crippen LogP contribution in [0.25, 0.3) is 10.7 Å². The molecule has 0 saturated heterocycles. The first-order chi connectivity index (χ1) is 8.74. The van der Waals surface area contributed by atoms with Crippen molar-refractivity contribution in [3.8, 4) is 10.7 Å². The average Bonchev–Trinajstić information content (AvgIpc) is 2.89. The Morgan fingerprint density at radius 2 is 2.39 bits per heavy atom. The Kier molecular flexibility index (Phi) is 3.18. The summed E-state index contributed by atoms with van der Waals surface area (Å²) in [4.78, 5) is 7.80. The normalized spacial score (nSPS) is 17.3. The van der Waals surface area contributed by atoms with Gasteiger partial charge in [0, 0.05) is 6.04 Å². The molecule has 1 saturated carbocycles. The number of hydrogen-bond acceptors (Lipinski definition) is 5. The van der Waals surface area contributed by atoms with Gasteiger partial charge in [0.15, 0.2) is 0 Å². The lowest BCUT2D eigenvalue weighted by Gasteiger charge is -2.22. The zero-order valence-electron chi connectivity index (χ0n) is 10.7. The van der Waals surface area contributed by atoms with Crippen molar-refractivity contribution in [2.45, 2.75) is 32.4 Å². The number of rotatable bonds is 5. The number of aromatic nitrogens is 2.